The average Bonchev–Trinajstić information content (AvgIpc) is 2.38. The minimum absolute atomic E-state index is 0.180. The summed E-state index contributed by atoms with van der Waals surface area (Å²) < 4.78 is 10.3. The number of ether oxygens (including phenoxy) is 2. The lowest BCUT2D eigenvalue weighted by Gasteiger charge is -2.24. The van der Waals surface area contributed by atoms with Crippen molar-refractivity contribution in [3.05, 3.63) is 23.8 Å². The molecule has 0 heterocycles. The van der Waals surface area contributed by atoms with Gasteiger partial charge in [-0.3, -0.25) is 10.6 Å². The molecule has 1 unspecified atom stereocenters. The van der Waals surface area contributed by atoms with Crippen molar-refractivity contribution in [2.24, 2.45) is 5.84 Å². The van der Waals surface area contributed by atoms with E-state index < -0.39 is 11.5 Å². The van der Waals surface area contributed by atoms with Gasteiger partial charge in [-0.1, -0.05) is 0 Å². The average molecular weight is 254 g/mol. The van der Waals surface area contributed by atoms with E-state index in [0.29, 0.717) is 17.1 Å². The van der Waals surface area contributed by atoms with Crippen LogP contribution in [0.2, 0.25) is 0 Å². The quantitative estimate of drug-likeness (QED) is 0.507. The molecule has 1 rings (SSSR count). The third-order valence-corrected chi connectivity index (χ3v) is 2.82. The number of nitrogens with one attached hydrogen (secondary N) is 1. The second kappa shape index (κ2) is 5.70. The first-order valence-electron chi connectivity index (χ1n) is 5.39. The smallest absolute Gasteiger partial charge is 0.325 e. The number of carbonyl (C=O) groups is 1. The number of carboxylic acid groups (broad SMARTS) is 1. The molecule has 0 aliphatic carbocycles. The first-order valence-corrected chi connectivity index (χ1v) is 5.39. The van der Waals surface area contributed by atoms with Crippen molar-refractivity contribution >= 4 is 5.97 Å². The highest BCUT2D eigenvalue weighted by Gasteiger charge is 2.33. The maximum atomic E-state index is 11.2. The van der Waals surface area contributed by atoms with E-state index in [1.54, 1.807) is 25.3 Å². The zero-order valence-electron chi connectivity index (χ0n) is 10.7. The van der Waals surface area contributed by atoms with Crippen LogP contribution in [0.1, 0.15) is 12.5 Å². The second-order valence-corrected chi connectivity index (χ2v) is 4.14. The van der Waals surface area contributed by atoms with E-state index in [1.807, 2.05) is 0 Å². The van der Waals surface area contributed by atoms with Gasteiger partial charge in [-0.15, -0.1) is 0 Å². The molecule has 0 aliphatic rings. The highest BCUT2D eigenvalue weighted by atomic mass is 16.5. The Kier molecular flexibility index (Phi) is 4.52. The first kappa shape index (κ1) is 14.3. The Morgan fingerprint density at radius 3 is 2.56 bits per heavy atom. The fourth-order valence-electron chi connectivity index (χ4n) is 1.59. The Labute approximate surface area is 106 Å². The highest BCUT2D eigenvalue weighted by Crippen LogP contribution is 2.27. The van der Waals surface area contributed by atoms with Crippen molar-refractivity contribution in [1.82, 2.24) is 5.43 Å². The predicted molar refractivity (Wildman–Crippen MR) is 66.6 cm³/mol. The van der Waals surface area contributed by atoms with Gasteiger partial charge in [-0.2, -0.15) is 0 Å². The topological polar surface area (TPSA) is 93.8 Å². The molecule has 0 bridgehead atoms. The van der Waals surface area contributed by atoms with Crippen LogP contribution in [0.25, 0.3) is 0 Å². The molecule has 0 aliphatic heterocycles. The van der Waals surface area contributed by atoms with Crippen molar-refractivity contribution in [3.63, 3.8) is 0 Å². The van der Waals surface area contributed by atoms with Crippen LogP contribution in [0.5, 0.6) is 11.5 Å². The summed E-state index contributed by atoms with van der Waals surface area (Å²) in [5.41, 5.74) is 1.76. The van der Waals surface area contributed by atoms with Crippen molar-refractivity contribution in [2.75, 3.05) is 14.2 Å². The predicted octanol–water partition coefficient (Wildman–Crippen LogP) is 0.553. The summed E-state index contributed by atoms with van der Waals surface area (Å²) in [7, 11) is 3.07. The Balaban J connectivity index is 3.11. The summed E-state index contributed by atoms with van der Waals surface area (Å²) in [6, 6.07) is 5.21. The third-order valence-electron chi connectivity index (χ3n) is 2.82. The molecule has 0 amide bonds. The van der Waals surface area contributed by atoms with Gasteiger partial charge in [0.2, 0.25) is 0 Å². The van der Waals surface area contributed by atoms with E-state index >= 15 is 0 Å². The van der Waals surface area contributed by atoms with Gasteiger partial charge in [-0.25, -0.2) is 5.43 Å². The molecule has 100 valence electrons. The molecule has 1 aromatic carbocycles. The number of hydrogen-bond donors (Lipinski definition) is 3. The first-order chi connectivity index (χ1) is 8.46. The Bertz CT molecular complexity index is 436. The van der Waals surface area contributed by atoms with Crippen molar-refractivity contribution < 1.29 is 19.4 Å². The molecule has 1 atom stereocenters. The highest BCUT2D eigenvalue weighted by molar-refractivity contribution is 5.78. The minimum atomic E-state index is -1.26. The number of carboxylic acids is 1. The van der Waals surface area contributed by atoms with Gasteiger partial charge in [0.15, 0.2) is 0 Å². The maximum Gasteiger partial charge on any atom is 0.325 e. The summed E-state index contributed by atoms with van der Waals surface area (Å²) in [6.45, 7) is 1.51. The lowest BCUT2D eigenvalue weighted by Crippen LogP contribution is -2.54. The molecule has 1 aromatic rings. The zero-order valence-corrected chi connectivity index (χ0v) is 10.7. The van der Waals surface area contributed by atoms with Gasteiger partial charge >= 0.3 is 5.97 Å². The molecule has 0 fully saturated rings. The summed E-state index contributed by atoms with van der Waals surface area (Å²) in [5, 5.41) is 9.17. The summed E-state index contributed by atoms with van der Waals surface area (Å²) >= 11 is 0. The van der Waals surface area contributed by atoms with Crippen LogP contribution in [0.3, 0.4) is 0 Å². The van der Waals surface area contributed by atoms with E-state index in [4.69, 9.17) is 20.4 Å². The molecule has 0 radical (unpaired) electrons. The van der Waals surface area contributed by atoms with Gasteiger partial charge in [0.05, 0.1) is 14.2 Å². The maximum absolute atomic E-state index is 11.2. The fraction of sp³-hybridized carbons (Fsp3) is 0.417. The molecule has 4 N–H and O–H groups in total. The van der Waals surface area contributed by atoms with Crippen LogP contribution >= 0.6 is 0 Å². The molecular formula is C12H18N2O4. The number of hydrogen-bond acceptors (Lipinski definition) is 5. The van der Waals surface area contributed by atoms with Crippen molar-refractivity contribution in [3.8, 4) is 11.5 Å². The van der Waals surface area contributed by atoms with Crippen LogP contribution in [0.4, 0.5) is 0 Å². The molecule has 6 heteroatoms. The van der Waals surface area contributed by atoms with E-state index in [-0.39, 0.29) is 6.42 Å². The van der Waals surface area contributed by atoms with Gasteiger partial charge in [0, 0.05) is 12.0 Å². The monoisotopic (exact) mass is 254 g/mol. The summed E-state index contributed by atoms with van der Waals surface area (Å²) in [4.78, 5) is 11.2. The fourth-order valence-corrected chi connectivity index (χ4v) is 1.59. The second-order valence-electron chi connectivity index (χ2n) is 4.14. The molecule has 18 heavy (non-hydrogen) atoms. The van der Waals surface area contributed by atoms with E-state index in [9.17, 15) is 4.79 Å². The SMILES string of the molecule is COc1ccc(OC)c(CC(C)(NN)C(=O)O)c1. The van der Waals surface area contributed by atoms with Crippen LogP contribution in [-0.4, -0.2) is 30.8 Å². The summed E-state index contributed by atoms with van der Waals surface area (Å²) in [5.74, 6) is 5.51. The molecule has 6 nitrogen and oxygen atoms in total. The van der Waals surface area contributed by atoms with Crippen molar-refractivity contribution in [2.45, 2.75) is 18.9 Å². The van der Waals surface area contributed by atoms with Gasteiger partial charge < -0.3 is 14.6 Å². The van der Waals surface area contributed by atoms with Crippen molar-refractivity contribution in [1.29, 1.82) is 0 Å². The normalized spacial score (nSPS) is 13.8. The van der Waals surface area contributed by atoms with Gasteiger partial charge in [-0.05, 0) is 25.1 Å². The number of hydrazine groups is 1. The zero-order chi connectivity index (χ0) is 13.8. The Morgan fingerprint density at radius 1 is 1.44 bits per heavy atom. The lowest BCUT2D eigenvalue weighted by atomic mass is 9.93. The number of rotatable bonds is 6. The number of aliphatic carboxylic acids is 1. The third kappa shape index (κ3) is 2.91. The standard InChI is InChI=1S/C12H18N2O4/c1-12(14-13,11(15)16)7-8-6-9(17-2)4-5-10(8)18-3/h4-6,14H,7,13H2,1-3H3,(H,15,16). The summed E-state index contributed by atoms with van der Waals surface area (Å²) in [6.07, 6.45) is 0.180. The van der Waals surface area contributed by atoms with Crippen LogP contribution < -0.4 is 20.7 Å². The number of nitrogens with two attached hydrogens (primary N) is 1. The number of benzene rings is 1. The molecule has 0 saturated heterocycles. The molecule has 0 saturated carbocycles. The van der Waals surface area contributed by atoms with Gasteiger partial charge in [0.25, 0.3) is 0 Å². The van der Waals surface area contributed by atoms with E-state index in [2.05, 4.69) is 5.43 Å². The Morgan fingerprint density at radius 2 is 2.11 bits per heavy atom. The lowest BCUT2D eigenvalue weighted by molar-refractivity contribution is -0.144. The molecular weight excluding hydrogens is 236 g/mol. The minimum Gasteiger partial charge on any atom is -0.497 e. The van der Waals surface area contributed by atoms with Crippen LogP contribution in [0.15, 0.2) is 18.2 Å². The molecule has 0 spiro atoms. The molecule has 0 aromatic heterocycles. The van der Waals surface area contributed by atoms with E-state index in [0.717, 1.165) is 0 Å². The Hall–Kier alpha value is -1.79. The largest absolute Gasteiger partial charge is 0.497 e. The van der Waals surface area contributed by atoms with Gasteiger partial charge in [0.1, 0.15) is 17.0 Å². The van der Waals surface area contributed by atoms with E-state index in [1.165, 1.54) is 14.0 Å². The van der Waals surface area contributed by atoms with Crippen LogP contribution in [0, 0.1) is 0 Å². The van der Waals surface area contributed by atoms with Crippen LogP contribution in [-0.2, 0) is 11.2 Å². The number of methoxy groups -OCH3 is 2.